The highest BCUT2D eigenvalue weighted by Crippen LogP contribution is 2.15. The molecule has 3 N–H and O–H groups in total. The number of thioether (sulfide) groups is 1. The lowest BCUT2D eigenvalue weighted by Crippen LogP contribution is -2.32. The third kappa shape index (κ3) is 4.48. The van der Waals surface area contributed by atoms with Crippen molar-refractivity contribution < 1.29 is 13.2 Å². The minimum atomic E-state index is -3.88. The average molecular weight is 369 g/mol. The van der Waals surface area contributed by atoms with Crippen molar-refractivity contribution in [1.82, 2.24) is 19.6 Å². The highest BCUT2D eigenvalue weighted by Gasteiger charge is 2.18. The highest BCUT2D eigenvalue weighted by molar-refractivity contribution is 8.00. The van der Waals surface area contributed by atoms with Crippen LogP contribution in [0.3, 0.4) is 0 Å². The van der Waals surface area contributed by atoms with E-state index in [1.165, 1.54) is 16.8 Å². The van der Waals surface area contributed by atoms with E-state index in [0.717, 1.165) is 23.7 Å². The van der Waals surface area contributed by atoms with E-state index < -0.39 is 15.9 Å². The molecule has 0 saturated heterocycles. The number of hydrogen-bond donors (Lipinski definition) is 2. The molecule has 1 heterocycles. The summed E-state index contributed by atoms with van der Waals surface area (Å²) in [6, 6.07) is 6.23. The molecule has 0 saturated carbocycles. The summed E-state index contributed by atoms with van der Waals surface area (Å²) >= 11 is 1.03. The molecule has 8 nitrogen and oxygen atoms in total. The Labute approximate surface area is 144 Å². The molecule has 10 heteroatoms. The van der Waals surface area contributed by atoms with Crippen molar-refractivity contribution in [3.63, 3.8) is 0 Å². The van der Waals surface area contributed by atoms with Crippen molar-refractivity contribution in [2.45, 2.75) is 36.7 Å². The number of carbonyl (C=O) groups is 1. The Hall–Kier alpha value is -2.07. The molecule has 24 heavy (non-hydrogen) atoms. The second-order valence-electron chi connectivity index (χ2n) is 5.15. The summed E-state index contributed by atoms with van der Waals surface area (Å²) < 4.78 is 27.6. The van der Waals surface area contributed by atoms with Crippen LogP contribution in [0, 0.1) is 6.92 Å². The number of benzene rings is 1. The van der Waals surface area contributed by atoms with Crippen LogP contribution in [0.15, 0.2) is 34.3 Å². The molecule has 0 aliphatic rings. The first-order valence-electron chi connectivity index (χ1n) is 7.28. The first kappa shape index (κ1) is 18.3. The molecule has 1 aromatic heterocycles. The highest BCUT2D eigenvalue weighted by atomic mass is 32.2. The molecule has 0 aliphatic heterocycles. The van der Waals surface area contributed by atoms with E-state index in [-0.39, 0.29) is 10.6 Å². The van der Waals surface area contributed by atoms with E-state index in [1.54, 1.807) is 12.1 Å². The topological polar surface area (TPSA) is 120 Å². The van der Waals surface area contributed by atoms with Gasteiger partial charge in [0.25, 0.3) is 10.0 Å². The van der Waals surface area contributed by atoms with Gasteiger partial charge in [-0.15, -0.1) is 10.2 Å². The van der Waals surface area contributed by atoms with Gasteiger partial charge in [-0.3, -0.25) is 4.79 Å². The lowest BCUT2D eigenvalue weighted by Gasteiger charge is -2.07. The van der Waals surface area contributed by atoms with Gasteiger partial charge in [0.15, 0.2) is 5.82 Å². The third-order valence-corrected chi connectivity index (χ3v) is 5.45. The number of aromatic nitrogens is 3. The van der Waals surface area contributed by atoms with Crippen molar-refractivity contribution in [3.05, 3.63) is 35.7 Å². The monoisotopic (exact) mass is 369 g/mol. The standard InChI is InChI=1S/C14H19N5O3S2/c1-3-4-12-16-17-14(19(12)15)23-9-13(20)18-24(21,22)11-7-5-10(2)6-8-11/h5-8H,3-4,9,15H2,1-2H3,(H,18,20). The Bertz CT molecular complexity index is 815. The Kier molecular flexibility index (Phi) is 5.84. The Morgan fingerprint density at radius 2 is 1.96 bits per heavy atom. The third-order valence-electron chi connectivity index (χ3n) is 3.12. The zero-order chi connectivity index (χ0) is 17.7. The number of amides is 1. The lowest BCUT2D eigenvalue weighted by atomic mass is 10.2. The minimum absolute atomic E-state index is 0.0404. The molecule has 130 valence electrons. The predicted octanol–water partition coefficient (Wildman–Crippen LogP) is 0.850. The average Bonchev–Trinajstić information content (AvgIpc) is 2.86. The summed E-state index contributed by atoms with van der Waals surface area (Å²) in [5, 5.41) is 8.19. The second-order valence-corrected chi connectivity index (χ2v) is 7.77. The molecule has 1 amide bonds. The van der Waals surface area contributed by atoms with Gasteiger partial charge in [-0.25, -0.2) is 17.8 Å². The van der Waals surface area contributed by atoms with Crippen molar-refractivity contribution in [2.24, 2.45) is 0 Å². The van der Waals surface area contributed by atoms with Crippen molar-refractivity contribution in [2.75, 3.05) is 11.6 Å². The summed E-state index contributed by atoms with van der Waals surface area (Å²) in [7, 11) is -3.88. The number of rotatable bonds is 7. The van der Waals surface area contributed by atoms with Gasteiger partial charge < -0.3 is 5.84 Å². The van der Waals surface area contributed by atoms with Gasteiger partial charge in [0, 0.05) is 6.42 Å². The van der Waals surface area contributed by atoms with E-state index in [0.29, 0.717) is 17.4 Å². The maximum Gasteiger partial charge on any atom is 0.264 e. The fourth-order valence-corrected chi connectivity index (χ4v) is 3.64. The second kappa shape index (κ2) is 7.67. The molecular weight excluding hydrogens is 350 g/mol. The first-order chi connectivity index (χ1) is 11.3. The Balaban J connectivity index is 1.97. The molecule has 0 aliphatic carbocycles. The van der Waals surface area contributed by atoms with E-state index in [9.17, 15) is 13.2 Å². The van der Waals surface area contributed by atoms with Crippen molar-refractivity contribution in [3.8, 4) is 0 Å². The first-order valence-corrected chi connectivity index (χ1v) is 9.75. The maximum atomic E-state index is 12.1. The summed E-state index contributed by atoms with van der Waals surface area (Å²) in [6.45, 7) is 3.84. The number of sulfonamides is 1. The fraction of sp³-hybridized carbons (Fsp3) is 0.357. The van der Waals surface area contributed by atoms with Gasteiger partial charge in [-0.2, -0.15) is 0 Å². The summed E-state index contributed by atoms with van der Waals surface area (Å²) in [4.78, 5) is 11.9. The normalized spacial score (nSPS) is 11.4. The predicted molar refractivity (Wildman–Crippen MR) is 91.4 cm³/mol. The van der Waals surface area contributed by atoms with E-state index in [2.05, 4.69) is 10.2 Å². The Morgan fingerprint density at radius 1 is 1.29 bits per heavy atom. The number of nitrogens with zero attached hydrogens (tertiary/aromatic N) is 3. The zero-order valence-corrected chi connectivity index (χ0v) is 15.0. The van der Waals surface area contributed by atoms with Crippen LogP contribution in [0.25, 0.3) is 0 Å². The van der Waals surface area contributed by atoms with Crippen LogP contribution >= 0.6 is 11.8 Å². The molecule has 0 bridgehead atoms. The molecule has 2 aromatic rings. The van der Waals surface area contributed by atoms with E-state index in [1.807, 2.05) is 18.6 Å². The summed E-state index contributed by atoms with van der Waals surface area (Å²) in [5.41, 5.74) is 0.931. The fourth-order valence-electron chi connectivity index (χ4n) is 1.89. The largest absolute Gasteiger partial charge is 0.336 e. The quantitative estimate of drug-likeness (QED) is 0.548. The lowest BCUT2D eigenvalue weighted by molar-refractivity contribution is -0.116. The van der Waals surface area contributed by atoms with Crippen LogP contribution < -0.4 is 10.6 Å². The number of carbonyl (C=O) groups excluding carboxylic acids is 1. The number of nitrogen functional groups attached to an aromatic ring is 1. The van der Waals surface area contributed by atoms with Crippen molar-refractivity contribution >= 4 is 27.7 Å². The van der Waals surface area contributed by atoms with Crippen LogP contribution in [-0.2, 0) is 21.2 Å². The van der Waals surface area contributed by atoms with Gasteiger partial charge in [0.2, 0.25) is 11.1 Å². The SMILES string of the molecule is CCCc1nnc(SCC(=O)NS(=O)(=O)c2ccc(C)cc2)n1N. The molecule has 0 spiro atoms. The Morgan fingerprint density at radius 3 is 2.58 bits per heavy atom. The number of nitrogens with one attached hydrogen (secondary N) is 1. The van der Waals surface area contributed by atoms with Crippen LogP contribution in [-0.4, -0.2) is 35.0 Å². The van der Waals surface area contributed by atoms with Crippen LogP contribution in [0.4, 0.5) is 0 Å². The number of nitrogens with two attached hydrogens (primary N) is 1. The molecule has 0 unspecified atom stereocenters. The molecular formula is C14H19N5O3S2. The summed E-state index contributed by atoms with van der Waals surface area (Å²) in [6.07, 6.45) is 1.55. The zero-order valence-electron chi connectivity index (χ0n) is 13.4. The van der Waals surface area contributed by atoms with Crippen LogP contribution in [0.1, 0.15) is 24.7 Å². The smallest absolute Gasteiger partial charge is 0.264 e. The van der Waals surface area contributed by atoms with Crippen LogP contribution in [0.5, 0.6) is 0 Å². The van der Waals surface area contributed by atoms with Crippen molar-refractivity contribution in [1.29, 1.82) is 0 Å². The molecule has 1 aromatic carbocycles. The number of aryl methyl sites for hydroxylation is 2. The van der Waals surface area contributed by atoms with Gasteiger partial charge in [-0.05, 0) is 25.5 Å². The van der Waals surface area contributed by atoms with Gasteiger partial charge in [-0.1, -0.05) is 36.4 Å². The van der Waals surface area contributed by atoms with Crippen LogP contribution in [0.2, 0.25) is 0 Å². The molecule has 2 rings (SSSR count). The molecule has 0 atom stereocenters. The van der Waals surface area contributed by atoms with E-state index in [4.69, 9.17) is 5.84 Å². The van der Waals surface area contributed by atoms with Gasteiger partial charge in [0.1, 0.15) is 0 Å². The van der Waals surface area contributed by atoms with Gasteiger partial charge >= 0.3 is 0 Å². The number of hydrogen-bond acceptors (Lipinski definition) is 7. The minimum Gasteiger partial charge on any atom is -0.336 e. The molecule has 0 radical (unpaired) electrons. The van der Waals surface area contributed by atoms with E-state index >= 15 is 0 Å². The summed E-state index contributed by atoms with van der Waals surface area (Å²) in [5.74, 6) is 5.66. The van der Waals surface area contributed by atoms with Gasteiger partial charge in [0.05, 0.1) is 10.6 Å². The molecule has 0 fully saturated rings. The maximum absolute atomic E-state index is 12.1.